The maximum atomic E-state index is 11.9. The molecule has 1 aliphatic carbocycles. The minimum Gasteiger partial charge on any atom is -0.535 e. The molecule has 0 radical (unpaired) electrons. The van der Waals surface area contributed by atoms with E-state index in [9.17, 15) is 14.9 Å². The lowest BCUT2D eigenvalue weighted by atomic mass is 9.77. The maximum Gasteiger partial charge on any atom is 0.526 e. The highest BCUT2D eigenvalue weighted by molar-refractivity contribution is 7.99. The van der Waals surface area contributed by atoms with Crippen molar-refractivity contribution in [3.63, 3.8) is 0 Å². The van der Waals surface area contributed by atoms with E-state index >= 15 is 0 Å². The maximum absolute atomic E-state index is 11.9. The third-order valence-electron chi connectivity index (χ3n) is 6.47. The van der Waals surface area contributed by atoms with E-state index in [2.05, 4.69) is 16.8 Å². The highest BCUT2D eigenvalue weighted by Gasteiger charge is 2.54. The van der Waals surface area contributed by atoms with Crippen molar-refractivity contribution in [2.45, 2.75) is 41.6 Å². The molecule has 6 nitrogen and oxygen atoms in total. The molecular weight excluding hydrogens is 351 g/mol. The lowest BCUT2D eigenvalue weighted by Crippen LogP contribution is -2.45. The Kier molecular flexibility index (Phi) is 4.01. The highest BCUT2D eigenvalue weighted by atomic mass is 32.2. The minimum absolute atomic E-state index is 0.131. The summed E-state index contributed by atoms with van der Waals surface area (Å²) in [6, 6.07) is 5.25. The van der Waals surface area contributed by atoms with Crippen LogP contribution in [0.15, 0.2) is 17.0 Å². The molecule has 2 bridgehead atoms. The van der Waals surface area contributed by atoms with Gasteiger partial charge in [0.05, 0.1) is 0 Å². The second-order valence-corrected chi connectivity index (χ2v) is 9.14. The van der Waals surface area contributed by atoms with E-state index in [0.29, 0.717) is 17.8 Å². The Morgan fingerprint density at radius 1 is 1.35 bits per heavy atom. The van der Waals surface area contributed by atoms with Gasteiger partial charge in [-0.2, -0.15) is 0 Å². The van der Waals surface area contributed by atoms with E-state index in [1.54, 1.807) is 11.8 Å². The molecule has 0 spiro atoms. The third-order valence-corrected chi connectivity index (χ3v) is 7.51. The molecule has 5 rings (SSSR count). The van der Waals surface area contributed by atoms with Crippen LogP contribution in [0.5, 0.6) is 5.75 Å². The van der Waals surface area contributed by atoms with E-state index in [-0.39, 0.29) is 17.3 Å². The van der Waals surface area contributed by atoms with Crippen LogP contribution >= 0.6 is 11.8 Å². The van der Waals surface area contributed by atoms with E-state index in [1.807, 2.05) is 12.1 Å². The molecule has 4 atom stereocenters. The fourth-order valence-electron chi connectivity index (χ4n) is 4.91. The van der Waals surface area contributed by atoms with E-state index in [4.69, 9.17) is 4.65 Å². The Morgan fingerprint density at radius 3 is 2.88 bits per heavy atom. The quantitative estimate of drug-likeness (QED) is 0.599. The van der Waals surface area contributed by atoms with Gasteiger partial charge in [-0.1, -0.05) is 6.07 Å². The van der Waals surface area contributed by atoms with Gasteiger partial charge in [-0.15, -0.1) is 11.8 Å². The molecule has 2 N–H and O–H groups in total. The van der Waals surface area contributed by atoms with Crippen LogP contribution in [0.3, 0.4) is 0 Å². The lowest BCUT2D eigenvalue weighted by Gasteiger charge is -2.31. The van der Waals surface area contributed by atoms with Crippen LogP contribution in [0.4, 0.5) is 0 Å². The number of nitrogens with zero attached hydrogens (tertiary/aromatic N) is 2. The normalized spacial score (nSPS) is 32.3. The van der Waals surface area contributed by atoms with Crippen LogP contribution in [0.2, 0.25) is 5.82 Å². The third kappa shape index (κ3) is 2.66. The first-order chi connectivity index (χ1) is 12.5. The second kappa shape index (κ2) is 6.16. The number of carboxylic acids is 1. The summed E-state index contributed by atoms with van der Waals surface area (Å²) in [5, 5.41) is 19.8. The SMILES string of the molecule is CN1CC2CC1CN2CCSc1ccc2c(c1C(=O)O)OB(O)C1CC21. The molecular formula is C18H23BN2O4S. The van der Waals surface area contributed by atoms with E-state index < -0.39 is 13.1 Å². The molecule has 1 aromatic carbocycles. The van der Waals surface area contributed by atoms with Crippen LogP contribution in [0.1, 0.15) is 34.7 Å². The Balaban J connectivity index is 1.30. The van der Waals surface area contributed by atoms with Gasteiger partial charge in [0.15, 0.2) is 0 Å². The Labute approximate surface area is 157 Å². The summed E-state index contributed by atoms with van der Waals surface area (Å²) < 4.78 is 5.60. The van der Waals surface area contributed by atoms with Crippen LogP contribution in [-0.2, 0) is 0 Å². The first kappa shape index (κ1) is 16.9. The summed E-state index contributed by atoms with van der Waals surface area (Å²) in [5.74, 6) is 0.656. The summed E-state index contributed by atoms with van der Waals surface area (Å²) in [6.07, 6.45) is 2.14. The second-order valence-electron chi connectivity index (χ2n) is 8.00. The van der Waals surface area contributed by atoms with Gasteiger partial charge < -0.3 is 19.7 Å². The van der Waals surface area contributed by atoms with Crippen molar-refractivity contribution in [1.29, 1.82) is 0 Å². The number of aromatic carboxylic acids is 1. The molecule has 8 heteroatoms. The molecule has 138 valence electrons. The predicted molar refractivity (Wildman–Crippen MR) is 100 cm³/mol. The number of hydrogen-bond donors (Lipinski definition) is 2. The van der Waals surface area contributed by atoms with Crippen molar-refractivity contribution in [3.05, 3.63) is 23.3 Å². The number of likely N-dealkylation sites (tertiary alicyclic amines) is 2. The molecule has 26 heavy (non-hydrogen) atoms. The molecule has 1 saturated carbocycles. The smallest absolute Gasteiger partial charge is 0.526 e. The molecule has 3 aliphatic heterocycles. The summed E-state index contributed by atoms with van der Waals surface area (Å²) >= 11 is 1.58. The van der Waals surface area contributed by atoms with Crippen molar-refractivity contribution in [1.82, 2.24) is 9.80 Å². The molecule has 2 saturated heterocycles. The molecule has 0 aromatic heterocycles. The highest BCUT2D eigenvalue weighted by Crippen LogP contribution is 2.60. The van der Waals surface area contributed by atoms with E-state index in [0.717, 1.165) is 42.3 Å². The Hall–Kier alpha value is -1.22. The molecule has 3 fully saturated rings. The summed E-state index contributed by atoms with van der Waals surface area (Å²) in [7, 11) is 1.32. The number of hydrogen-bond acceptors (Lipinski definition) is 6. The molecule has 1 aromatic rings. The van der Waals surface area contributed by atoms with Crippen LogP contribution in [0, 0.1) is 0 Å². The van der Waals surface area contributed by atoms with Gasteiger partial charge in [0.1, 0.15) is 11.3 Å². The first-order valence-corrected chi connectivity index (χ1v) is 10.3. The Morgan fingerprint density at radius 2 is 2.19 bits per heavy atom. The zero-order chi connectivity index (χ0) is 18.0. The number of benzene rings is 1. The van der Waals surface area contributed by atoms with Crippen LogP contribution in [-0.4, -0.2) is 77.5 Å². The zero-order valence-corrected chi connectivity index (χ0v) is 15.6. The van der Waals surface area contributed by atoms with Crippen LogP contribution < -0.4 is 4.65 Å². The number of fused-ring (bicyclic) bond motifs is 5. The van der Waals surface area contributed by atoms with Crippen molar-refractivity contribution in [2.75, 3.05) is 32.4 Å². The number of piperazine rings is 1. The molecule has 0 amide bonds. The van der Waals surface area contributed by atoms with Gasteiger partial charge in [-0.3, -0.25) is 4.90 Å². The lowest BCUT2D eigenvalue weighted by molar-refractivity contribution is 0.0690. The molecule has 3 heterocycles. The monoisotopic (exact) mass is 374 g/mol. The van der Waals surface area contributed by atoms with Gasteiger partial charge >= 0.3 is 13.1 Å². The van der Waals surface area contributed by atoms with Crippen molar-refractivity contribution >= 4 is 24.8 Å². The Bertz CT molecular complexity index is 761. The van der Waals surface area contributed by atoms with Gasteiger partial charge in [0.25, 0.3) is 0 Å². The fraction of sp³-hybridized carbons (Fsp3) is 0.611. The summed E-state index contributed by atoms with van der Waals surface area (Å²) in [6.45, 7) is 3.24. The minimum atomic E-state index is -0.975. The standard InChI is InChI=1S/C18H23BN2O4S/c1-20-8-11-6-10(20)9-21(11)4-5-26-15-3-2-12-13-7-14(13)19(24)25-17(12)16(15)18(22)23/h2-3,10-11,13-14,24H,4-9H2,1H3,(H,22,23). The average molecular weight is 374 g/mol. The van der Waals surface area contributed by atoms with Gasteiger partial charge in [-0.25, -0.2) is 4.79 Å². The first-order valence-electron chi connectivity index (χ1n) is 9.35. The van der Waals surface area contributed by atoms with Crippen LogP contribution in [0.25, 0.3) is 0 Å². The summed E-state index contributed by atoms with van der Waals surface area (Å²) in [5.41, 5.74) is 1.17. The zero-order valence-electron chi connectivity index (χ0n) is 14.8. The van der Waals surface area contributed by atoms with Crippen molar-refractivity contribution in [3.8, 4) is 5.75 Å². The fourth-order valence-corrected chi connectivity index (χ4v) is 5.95. The van der Waals surface area contributed by atoms with Gasteiger partial charge in [0.2, 0.25) is 0 Å². The number of rotatable bonds is 5. The largest absolute Gasteiger partial charge is 0.535 e. The molecule has 4 unspecified atom stereocenters. The van der Waals surface area contributed by atoms with Gasteiger partial charge in [-0.05, 0) is 37.4 Å². The summed E-state index contributed by atoms with van der Waals surface area (Å²) in [4.78, 5) is 17.6. The number of carboxylic acid groups (broad SMARTS) is 1. The topological polar surface area (TPSA) is 73.2 Å². The van der Waals surface area contributed by atoms with Crippen molar-refractivity contribution in [2.24, 2.45) is 0 Å². The van der Waals surface area contributed by atoms with E-state index in [1.165, 1.54) is 6.42 Å². The number of likely N-dealkylation sites (N-methyl/N-ethyl adjacent to an activating group) is 1. The number of carbonyl (C=O) groups is 1. The number of thioether (sulfide) groups is 1. The molecule has 4 aliphatic rings. The van der Waals surface area contributed by atoms with Gasteiger partial charge in [0, 0.05) is 48.2 Å². The van der Waals surface area contributed by atoms with Crippen molar-refractivity contribution < 1.29 is 19.6 Å². The average Bonchev–Trinajstić information content (AvgIpc) is 3.21. The predicted octanol–water partition coefficient (Wildman–Crippen LogP) is 1.60.